The van der Waals surface area contributed by atoms with Crippen LogP contribution in [-0.4, -0.2) is 22.9 Å². The Bertz CT molecular complexity index is 826. The molecular weight excluding hydrogens is 366 g/mol. The van der Waals surface area contributed by atoms with E-state index in [2.05, 4.69) is 13.8 Å². The van der Waals surface area contributed by atoms with Gasteiger partial charge < -0.3 is 19.1 Å². The Kier molecular flexibility index (Phi) is 9.36. The Morgan fingerprint density at radius 2 is 1.48 bits per heavy atom. The first-order valence-corrected chi connectivity index (χ1v) is 11.2. The largest absolute Gasteiger partial charge is 0.508 e. The number of hydrogen-bond acceptors (Lipinski definition) is 4. The monoisotopic (exact) mass is 403 g/mol. The second-order valence-corrected chi connectivity index (χ2v) is 7.95. The van der Waals surface area contributed by atoms with Crippen molar-refractivity contribution in [2.45, 2.75) is 85.1 Å². The number of hydrogen-bond donors (Lipinski definition) is 1. The second kappa shape index (κ2) is 11.7. The molecule has 0 aliphatic rings. The molecule has 1 heterocycles. The molecule has 0 aliphatic heterocycles. The molecule has 0 saturated heterocycles. The third kappa shape index (κ3) is 6.15. The van der Waals surface area contributed by atoms with Crippen LogP contribution in [0.3, 0.4) is 0 Å². The highest BCUT2D eigenvalue weighted by Gasteiger charge is 2.21. The van der Waals surface area contributed by atoms with E-state index in [1.54, 1.807) is 16.7 Å². The molecule has 2 aromatic rings. The molecule has 2 rings (SSSR count). The Morgan fingerprint density at radius 3 is 2.03 bits per heavy atom. The zero-order valence-electron chi connectivity index (χ0n) is 18.5. The van der Waals surface area contributed by atoms with E-state index >= 15 is 0 Å². The number of aromatic hydroxyl groups is 1. The van der Waals surface area contributed by atoms with Gasteiger partial charge in [0, 0.05) is 17.5 Å². The first kappa shape index (κ1) is 23.1. The molecule has 1 aromatic carbocycles. The standard InChI is InChI=1S/C24H37NO4/c1-5-7-9-11-15-28-22-20-14-13-19(26)17-21(20)25(18(3)4)24(27)23(22)29-16-12-10-8-6-2/h13-14,17-18,26H,5-12,15-16H2,1-4H3. The highest BCUT2D eigenvalue weighted by Crippen LogP contribution is 2.36. The number of ether oxygens (including phenoxy) is 2. The number of phenolic OH excluding ortho intramolecular Hbond substituents is 1. The van der Waals surface area contributed by atoms with Gasteiger partial charge in [0.25, 0.3) is 5.56 Å². The normalized spacial score (nSPS) is 11.3. The number of rotatable bonds is 13. The molecule has 0 fully saturated rings. The molecule has 1 N–H and O–H groups in total. The van der Waals surface area contributed by atoms with Gasteiger partial charge in [-0.15, -0.1) is 0 Å². The van der Waals surface area contributed by atoms with Crippen molar-refractivity contribution in [3.63, 3.8) is 0 Å². The summed E-state index contributed by atoms with van der Waals surface area (Å²) in [5, 5.41) is 10.8. The molecule has 0 amide bonds. The molecule has 0 atom stereocenters. The van der Waals surface area contributed by atoms with Crippen LogP contribution in [0.2, 0.25) is 0 Å². The van der Waals surface area contributed by atoms with Crippen LogP contribution >= 0.6 is 0 Å². The van der Waals surface area contributed by atoms with E-state index in [1.165, 1.54) is 12.8 Å². The smallest absolute Gasteiger partial charge is 0.297 e. The summed E-state index contributed by atoms with van der Waals surface area (Å²) < 4.78 is 13.8. The maximum Gasteiger partial charge on any atom is 0.297 e. The van der Waals surface area contributed by atoms with Crippen LogP contribution in [0.4, 0.5) is 0 Å². The molecule has 0 bridgehead atoms. The number of phenols is 1. The molecule has 0 unspecified atom stereocenters. The summed E-state index contributed by atoms with van der Waals surface area (Å²) in [6, 6.07) is 5.01. The average Bonchev–Trinajstić information content (AvgIpc) is 2.68. The van der Waals surface area contributed by atoms with E-state index in [-0.39, 0.29) is 17.4 Å². The summed E-state index contributed by atoms with van der Waals surface area (Å²) >= 11 is 0. The van der Waals surface area contributed by atoms with Gasteiger partial charge in [-0.05, 0) is 38.8 Å². The number of unbranched alkanes of at least 4 members (excludes halogenated alkanes) is 6. The minimum Gasteiger partial charge on any atom is -0.508 e. The second-order valence-electron chi connectivity index (χ2n) is 7.95. The third-order valence-corrected chi connectivity index (χ3v) is 5.11. The number of nitrogens with zero attached hydrogens (tertiary/aromatic N) is 1. The highest BCUT2D eigenvalue weighted by molar-refractivity contribution is 5.89. The van der Waals surface area contributed by atoms with E-state index in [0.717, 1.165) is 43.9 Å². The number of benzene rings is 1. The van der Waals surface area contributed by atoms with Crippen LogP contribution in [0.1, 0.15) is 85.1 Å². The fraction of sp³-hybridized carbons (Fsp3) is 0.625. The molecular formula is C24H37NO4. The molecule has 162 valence electrons. The zero-order chi connectivity index (χ0) is 21.2. The molecule has 0 radical (unpaired) electrons. The van der Waals surface area contributed by atoms with Crippen molar-refractivity contribution in [2.24, 2.45) is 0 Å². The van der Waals surface area contributed by atoms with E-state index in [1.807, 2.05) is 19.9 Å². The molecule has 0 saturated carbocycles. The first-order valence-electron chi connectivity index (χ1n) is 11.2. The van der Waals surface area contributed by atoms with Crippen molar-refractivity contribution >= 4 is 10.9 Å². The summed E-state index contributed by atoms with van der Waals surface area (Å²) in [6.45, 7) is 9.32. The summed E-state index contributed by atoms with van der Waals surface area (Å²) in [5.41, 5.74) is 0.476. The molecule has 5 heteroatoms. The lowest BCUT2D eigenvalue weighted by Gasteiger charge is -2.20. The Morgan fingerprint density at radius 1 is 0.897 bits per heavy atom. The van der Waals surface area contributed by atoms with Gasteiger partial charge in [-0.25, -0.2) is 0 Å². The van der Waals surface area contributed by atoms with Crippen molar-refractivity contribution in [2.75, 3.05) is 13.2 Å². The predicted molar refractivity (Wildman–Crippen MR) is 120 cm³/mol. The van der Waals surface area contributed by atoms with Gasteiger partial charge in [0.15, 0.2) is 5.75 Å². The SMILES string of the molecule is CCCCCCOc1c(OCCCCCC)c2ccc(O)cc2n(C(C)C)c1=O. The van der Waals surface area contributed by atoms with Crippen LogP contribution in [0, 0.1) is 0 Å². The fourth-order valence-electron chi connectivity index (χ4n) is 3.54. The van der Waals surface area contributed by atoms with Crippen molar-refractivity contribution in [3.8, 4) is 17.2 Å². The van der Waals surface area contributed by atoms with E-state index < -0.39 is 0 Å². The van der Waals surface area contributed by atoms with Crippen LogP contribution in [0.15, 0.2) is 23.0 Å². The number of aromatic nitrogens is 1. The first-order chi connectivity index (χ1) is 14.0. The van der Waals surface area contributed by atoms with Gasteiger partial charge in [-0.3, -0.25) is 4.79 Å². The van der Waals surface area contributed by atoms with Crippen molar-refractivity contribution in [1.82, 2.24) is 4.57 Å². The summed E-state index contributed by atoms with van der Waals surface area (Å²) in [6.07, 6.45) is 8.71. The van der Waals surface area contributed by atoms with Gasteiger partial charge in [0.05, 0.1) is 18.7 Å². The lowest BCUT2D eigenvalue weighted by Crippen LogP contribution is -2.25. The molecule has 5 nitrogen and oxygen atoms in total. The van der Waals surface area contributed by atoms with E-state index in [0.29, 0.717) is 30.2 Å². The highest BCUT2D eigenvalue weighted by atomic mass is 16.5. The quantitative estimate of drug-likeness (QED) is 0.404. The minimum absolute atomic E-state index is 0.0622. The topological polar surface area (TPSA) is 60.7 Å². The molecule has 0 spiro atoms. The van der Waals surface area contributed by atoms with Gasteiger partial charge in [0.2, 0.25) is 5.75 Å². The van der Waals surface area contributed by atoms with E-state index in [4.69, 9.17) is 9.47 Å². The van der Waals surface area contributed by atoms with Crippen LogP contribution in [0.25, 0.3) is 10.9 Å². The van der Waals surface area contributed by atoms with Gasteiger partial charge in [-0.2, -0.15) is 0 Å². The van der Waals surface area contributed by atoms with E-state index in [9.17, 15) is 9.90 Å². The van der Waals surface area contributed by atoms with Crippen LogP contribution in [-0.2, 0) is 0 Å². The summed E-state index contributed by atoms with van der Waals surface area (Å²) in [7, 11) is 0. The van der Waals surface area contributed by atoms with Crippen LogP contribution < -0.4 is 15.0 Å². The Hall–Kier alpha value is -2.17. The summed E-state index contributed by atoms with van der Waals surface area (Å²) in [5.74, 6) is 0.936. The summed E-state index contributed by atoms with van der Waals surface area (Å²) in [4.78, 5) is 13.3. The maximum atomic E-state index is 13.3. The number of pyridine rings is 1. The van der Waals surface area contributed by atoms with Crippen LogP contribution in [0.5, 0.6) is 17.2 Å². The minimum atomic E-state index is -0.197. The lowest BCUT2D eigenvalue weighted by molar-refractivity contribution is 0.256. The van der Waals surface area contributed by atoms with Crippen molar-refractivity contribution in [1.29, 1.82) is 0 Å². The average molecular weight is 404 g/mol. The lowest BCUT2D eigenvalue weighted by atomic mass is 10.1. The Labute approximate surface area is 174 Å². The molecule has 29 heavy (non-hydrogen) atoms. The van der Waals surface area contributed by atoms with Crippen molar-refractivity contribution in [3.05, 3.63) is 28.6 Å². The van der Waals surface area contributed by atoms with Gasteiger partial charge in [0.1, 0.15) is 5.75 Å². The Balaban J connectivity index is 2.42. The predicted octanol–water partition coefficient (Wildman–Crippen LogP) is 6.21. The van der Waals surface area contributed by atoms with Gasteiger partial charge in [-0.1, -0.05) is 52.4 Å². The fourth-order valence-corrected chi connectivity index (χ4v) is 3.54. The molecule has 1 aromatic heterocycles. The third-order valence-electron chi connectivity index (χ3n) is 5.11. The zero-order valence-corrected chi connectivity index (χ0v) is 18.5. The number of fused-ring (bicyclic) bond motifs is 1. The molecule has 0 aliphatic carbocycles. The van der Waals surface area contributed by atoms with Gasteiger partial charge >= 0.3 is 0 Å². The van der Waals surface area contributed by atoms with Crippen molar-refractivity contribution < 1.29 is 14.6 Å². The maximum absolute atomic E-state index is 13.3.